The standard InChI is InChI=1S/C13H14BrClN2O2S/c1-2-5-16-6-8-17(9-7-16)20(18,19)13-4-3-11(14)10-12(13)15/h1,3-4,10H,5-9H2. The molecule has 1 heterocycles. The van der Waals surface area contributed by atoms with Crippen molar-refractivity contribution in [2.24, 2.45) is 0 Å². The van der Waals surface area contributed by atoms with Gasteiger partial charge in [-0.1, -0.05) is 33.5 Å². The van der Waals surface area contributed by atoms with Gasteiger partial charge in [-0.3, -0.25) is 4.90 Å². The van der Waals surface area contributed by atoms with Gasteiger partial charge in [-0.25, -0.2) is 8.42 Å². The zero-order valence-corrected chi connectivity index (χ0v) is 13.9. The van der Waals surface area contributed by atoms with Crippen LogP contribution in [0.3, 0.4) is 0 Å². The van der Waals surface area contributed by atoms with Gasteiger partial charge in [0.25, 0.3) is 0 Å². The number of hydrogen-bond donors (Lipinski definition) is 0. The minimum atomic E-state index is -3.55. The van der Waals surface area contributed by atoms with Crippen LogP contribution in [0.5, 0.6) is 0 Å². The zero-order valence-electron chi connectivity index (χ0n) is 10.7. The molecule has 7 heteroatoms. The molecule has 0 spiro atoms. The Hall–Kier alpha value is -0.580. The van der Waals surface area contributed by atoms with Gasteiger partial charge >= 0.3 is 0 Å². The summed E-state index contributed by atoms with van der Waals surface area (Å²) in [6.07, 6.45) is 5.26. The van der Waals surface area contributed by atoms with E-state index in [1.807, 2.05) is 0 Å². The van der Waals surface area contributed by atoms with Crippen LogP contribution in [-0.2, 0) is 10.0 Å². The van der Waals surface area contributed by atoms with Crippen molar-refractivity contribution in [3.63, 3.8) is 0 Å². The predicted octanol–water partition coefficient (Wildman–Crippen LogP) is 2.04. The van der Waals surface area contributed by atoms with Gasteiger partial charge in [-0.05, 0) is 18.2 Å². The lowest BCUT2D eigenvalue weighted by Gasteiger charge is -2.33. The summed E-state index contributed by atoms with van der Waals surface area (Å²) >= 11 is 9.30. The molecular weight excluding hydrogens is 364 g/mol. The van der Waals surface area contributed by atoms with Crippen molar-refractivity contribution in [1.29, 1.82) is 0 Å². The molecule has 0 bridgehead atoms. The molecule has 1 fully saturated rings. The van der Waals surface area contributed by atoms with Crippen LogP contribution in [0.4, 0.5) is 0 Å². The molecule has 20 heavy (non-hydrogen) atoms. The van der Waals surface area contributed by atoms with Crippen molar-refractivity contribution in [3.05, 3.63) is 27.7 Å². The van der Waals surface area contributed by atoms with Crippen molar-refractivity contribution in [2.45, 2.75) is 4.90 Å². The highest BCUT2D eigenvalue weighted by atomic mass is 79.9. The summed E-state index contributed by atoms with van der Waals surface area (Å²) in [6.45, 7) is 2.68. The summed E-state index contributed by atoms with van der Waals surface area (Å²) in [5, 5.41) is 0.227. The number of piperazine rings is 1. The molecule has 0 atom stereocenters. The summed E-state index contributed by atoms with van der Waals surface area (Å²) in [5.41, 5.74) is 0. The number of hydrogen-bond acceptors (Lipinski definition) is 3. The molecule has 4 nitrogen and oxygen atoms in total. The van der Waals surface area contributed by atoms with E-state index in [-0.39, 0.29) is 9.92 Å². The molecule has 0 aromatic heterocycles. The summed E-state index contributed by atoms with van der Waals surface area (Å²) in [6, 6.07) is 4.78. The van der Waals surface area contributed by atoms with Gasteiger partial charge in [0, 0.05) is 30.7 Å². The van der Waals surface area contributed by atoms with Crippen molar-refractivity contribution < 1.29 is 8.42 Å². The van der Waals surface area contributed by atoms with Crippen LogP contribution < -0.4 is 0 Å². The molecule has 0 amide bonds. The second-order valence-electron chi connectivity index (χ2n) is 4.46. The maximum Gasteiger partial charge on any atom is 0.244 e. The monoisotopic (exact) mass is 376 g/mol. The maximum atomic E-state index is 12.6. The highest BCUT2D eigenvalue weighted by Crippen LogP contribution is 2.28. The highest BCUT2D eigenvalue weighted by molar-refractivity contribution is 9.10. The number of nitrogens with zero attached hydrogens (tertiary/aromatic N) is 2. The highest BCUT2D eigenvalue weighted by Gasteiger charge is 2.29. The largest absolute Gasteiger partial charge is 0.290 e. The van der Waals surface area contributed by atoms with E-state index in [1.165, 1.54) is 10.4 Å². The minimum absolute atomic E-state index is 0.146. The van der Waals surface area contributed by atoms with Crippen LogP contribution in [0.2, 0.25) is 5.02 Å². The van der Waals surface area contributed by atoms with Crippen molar-refractivity contribution in [1.82, 2.24) is 9.21 Å². The first-order chi connectivity index (χ1) is 9.45. The Bertz CT molecular complexity index is 634. The Morgan fingerprint density at radius 2 is 1.95 bits per heavy atom. The van der Waals surface area contributed by atoms with Crippen LogP contribution in [0.25, 0.3) is 0 Å². The van der Waals surface area contributed by atoms with Crippen LogP contribution in [0.15, 0.2) is 27.6 Å². The molecule has 108 valence electrons. The lowest BCUT2D eigenvalue weighted by molar-refractivity contribution is 0.207. The summed E-state index contributed by atoms with van der Waals surface area (Å²) in [5.74, 6) is 2.57. The third kappa shape index (κ3) is 3.35. The third-order valence-electron chi connectivity index (χ3n) is 3.16. The van der Waals surface area contributed by atoms with Gasteiger partial charge in [0.1, 0.15) is 4.90 Å². The molecule has 1 aromatic rings. The lowest BCUT2D eigenvalue weighted by Crippen LogP contribution is -2.48. The maximum absolute atomic E-state index is 12.6. The molecule has 1 aliphatic heterocycles. The van der Waals surface area contributed by atoms with E-state index in [9.17, 15) is 8.42 Å². The first-order valence-electron chi connectivity index (χ1n) is 6.06. The summed E-state index contributed by atoms with van der Waals surface area (Å²) in [4.78, 5) is 2.20. The topological polar surface area (TPSA) is 40.6 Å². The van der Waals surface area contributed by atoms with Crippen molar-refractivity contribution >= 4 is 37.6 Å². The average molecular weight is 378 g/mol. The fourth-order valence-corrected chi connectivity index (χ4v) is 4.51. The Morgan fingerprint density at radius 3 is 2.50 bits per heavy atom. The van der Waals surface area contributed by atoms with Crippen molar-refractivity contribution in [2.75, 3.05) is 32.7 Å². The van der Waals surface area contributed by atoms with Crippen LogP contribution in [-0.4, -0.2) is 50.3 Å². The molecule has 0 saturated carbocycles. The van der Waals surface area contributed by atoms with E-state index in [0.717, 1.165) is 4.47 Å². The molecule has 1 aliphatic rings. The number of terminal acetylenes is 1. The molecule has 0 N–H and O–H groups in total. The van der Waals surface area contributed by atoms with Gasteiger partial charge in [-0.15, -0.1) is 6.42 Å². The molecule has 0 unspecified atom stereocenters. The molecule has 0 aliphatic carbocycles. The Kier molecular flexibility index (Phi) is 5.10. The van der Waals surface area contributed by atoms with Crippen LogP contribution in [0.1, 0.15) is 0 Å². The molecule has 0 radical (unpaired) electrons. The minimum Gasteiger partial charge on any atom is -0.290 e. The third-order valence-corrected chi connectivity index (χ3v) is 6.03. The van der Waals surface area contributed by atoms with Gasteiger partial charge in [0.2, 0.25) is 10.0 Å². The van der Waals surface area contributed by atoms with E-state index in [1.54, 1.807) is 12.1 Å². The molecule has 2 rings (SSSR count). The summed E-state index contributed by atoms with van der Waals surface area (Å²) < 4.78 is 27.3. The average Bonchev–Trinajstić information content (AvgIpc) is 2.39. The van der Waals surface area contributed by atoms with Gasteiger partial charge in [-0.2, -0.15) is 4.31 Å². The molecule has 1 saturated heterocycles. The smallest absolute Gasteiger partial charge is 0.244 e. The molecule has 1 aromatic carbocycles. The zero-order chi connectivity index (χ0) is 14.8. The quantitative estimate of drug-likeness (QED) is 0.757. The fourth-order valence-electron chi connectivity index (χ4n) is 2.08. The van der Waals surface area contributed by atoms with Gasteiger partial charge in [0.15, 0.2) is 0 Å². The Labute approximate surface area is 132 Å². The van der Waals surface area contributed by atoms with E-state index in [2.05, 4.69) is 26.8 Å². The SMILES string of the molecule is C#CCN1CCN(S(=O)(=O)c2ccc(Br)cc2Cl)CC1. The van der Waals surface area contributed by atoms with Gasteiger partial charge < -0.3 is 0 Å². The first-order valence-corrected chi connectivity index (χ1v) is 8.67. The Balaban J connectivity index is 2.18. The summed E-state index contributed by atoms with van der Waals surface area (Å²) in [7, 11) is -3.55. The lowest BCUT2D eigenvalue weighted by atomic mass is 10.3. The fraction of sp³-hybridized carbons (Fsp3) is 0.385. The second-order valence-corrected chi connectivity index (χ2v) is 7.69. The molecular formula is C13H14BrClN2O2S. The van der Waals surface area contributed by atoms with Crippen LogP contribution >= 0.6 is 27.5 Å². The Morgan fingerprint density at radius 1 is 1.30 bits per heavy atom. The first kappa shape index (κ1) is 15.8. The number of sulfonamides is 1. The van der Waals surface area contributed by atoms with E-state index < -0.39 is 10.0 Å². The van der Waals surface area contributed by atoms with E-state index in [0.29, 0.717) is 32.7 Å². The van der Waals surface area contributed by atoms with E-state index >= 15 is 0 Å². The predicted molar refractivity (Wildman–Crippen MR) is 83.2 cm³/mol. The number of rotatable bonds is 3. The van der Waals surface area contributed by atoms with Crippen LogP contribution in [0, 0.1) is 12.3 Å². The number of halogens is 2. The van der Waals surface area contributed by atoms with Crippen molar-refractivity contribution in [3.8, 4) is 12.3 Å². The van der Waals surface area contributed by atoms with E-state index in [4.69, 9.17) is 18.0 Å². The number of benzene rings is 1. The second kappa shape index (κ2) is 6.46. The normalized spacial score (nSPS) is 17.9. The van der Waals surface area contributed by atoms with Gasteiger partial charge in [0.05, 0.1) is 11.6 Å².